The average molecular weight is 570 g/mol. The number of hydrogen-bond acceptors (Lipinski definition) is 7. The van der Waals surface area contributed by atoms with E-state index in [2.05, 4.69) is 12.3 Å². The number of carbonyl (C=O) groups is 2. The fourth-order valence-corrected chi connectivity index (χ4v) is 7.44. The Morgan fingerprint density at radius 1 is 1.22 bits per heavy atom. The molecule has 0 bridgehead atoms. The molecule has 1 saturated carbocycles. The van der Waals surface area contributed by atoms with Crippen molar-refractivity contribution in [1.29, 1.82) is 0 Å². The predicted molar refractivity (Wildman–Crippen MR) is 149 cm³/mol. The number of rotatable bonds is 5. The minimum absolute atomic E-state index is 0.113. The molecule has 5 N–H and O–H groups in total. The van der Waals surface area contributed by atoms with E-state index in [-0.39, 0.29) is 77.9 Å². The Balaban J connectivity index is 1.60. The number of aliphatic hydroxyl groups is 2. The Morgan fingerprint density at radius 3 is 2.44 bits per heavy atom. The first kappa shape index (κ1) is 29.0. The second-order valence-corrected chi connectivity index (χ2v) is 11.9. The van der Waals surface area contributed by atoms with Gasteiger partial charge < -0.3 is 21.1 Å². The van der Waals surface area contributed by atoms with E-state index in [1.807, 2.05) is 17.9 Å². The van der Waals surface area contributed by atoms with Crippen molar-refractivity contribution in [1.82, 2.24) is 9.80 Å². The number of halogens is 2. The van der Waals surface area contributed by atoms with Crippen LogP contribution in [0.15, 0.2) is 40.9 Å². The quantitative estimate of drug-likeness (QED) is 0.398. The summed E-state index contributed by atoms with van der Waals surface area (Å²) in [4.78, 5) is 30.2. The Kier molecular flexibility index (Phi) is 7.39. The number of likely N-dealkylation sites (tertiary alicyclic amines) is 1. The highest BCUT2D eigenvalue weighted by Gasteiger charge is 2.54. The lowest BCUT2D eigenvalue weighted by atomic mass is 9.58. The van der Waals surface area contributed by atoms with Gasteiger partial charge in [0, 0.05) is 49.2 Å². The zero-order chi connectivity index (χ0) is 30.0. The third kappa shape index (κ3) is 4.68. The molecule has 1 aromatic rings. The molecule has 1 aromatic carbocycles. The van der Waals surface area contributed by atoms with Gasteiger partial charge in [-0.3, -0.25) is 19.4 Å². The maximum Gasteiger partial charge on any atom is 0.253 e. The van der Waals surface area contributed by atoms with E-state index in [4.69, 9.17) is 5.73 Å². The van der Waals surface area contributed by atoms with Crippen molar-refractivity contribution in [2.45, 2.75) is 57.5 Å². The minimum atomic E-state index is -2.69. The number of alkyl halides is 2. The number of nitrogens with two attached hydrogens (primary N) is 1. The molecule has 5 rings (SSSR count). The molecule has 3 aliphatic carbocycles. The van der Waals surface area contributed by atoms with Gasteiger partial charge in [-0.2, -0.15) is 0 Å². The molecule has 0 spiro atoms. The van der Waals surface area contributed by atoms with Crippen molar-refractivity contribution in [2.75, 3.05) is 27.2 Å². The number of benzene rings is 1. The van der Waals surface area contributed by atoms with E-state index in [0.29, 0.717) is 24.8 Å². The molecule has 3 unspecified atom stereocenters. The van der Waals surface area contributed by atoms with Gasteiger partial charge in [-0.05, 0) is 56.3 Å². The van der Waals surface area contributed by atoms with Gasteiger partial charge in [0.05, 0.1) is 23.1 Å². The Labute approximate surface area is 238 Å². The number of phenols is 1. The summed E-state index contributed by atoms with van der Waals surface area (Å²) in [6.45, 7) is 6.25. The van der Waals surface area contributed by atoms with Crippen molar-refractivity contribution in [2.24, 2.45) is 23.5 Å². The number of nitrogens with zero attached hydrogens (tertiary/aromatic N) is 2. The van der Waals surface area contributed by atoms with E-state index in [1.54, 1.807) is 19.0 Å². The summed E-state index contributed by atoms with van der Waals surface area (Å²) in [6, 6.07) is 1.22. The van der Waals surface area contributed by atoms with Crippen LogP contribution in [0.3, 0.4) is 0 Å². The molecule has 41 heavy (non-hydrogen) atoms. The summed E-state index contributed by atoms with van der Waals surface area (Å²) in [5.74, 6) is -6.41. The van der Waals surface area contributed by atoms with Gasteiger partial charge in [0.15, 0.2) is 5.78 Å². The fourth-order valence-electron chi connectivity index (χ4n) is 7.44. The second-order valence-electron chi connectivity index (χ2n) is 11.9. The Morgan fingerprint density at radius 2 is 1.88 bits per heavy atom. The van der Waals surface area contributed by atoms with E-state index >= 15 is 0 Å². The molecule has 1 amide bonds. The van der Waals surface area contributed by atoms with E-state index in [1.165, 1.54) is 0 Å². The SMILES string of the molecule is C=C=C1C(C(N)=O)=C(O)[C@@H](N(C)C)C2CC3Cc4c(CC)cc(CN5CCC(F)(F)CC5)c(O)c4C(O)=C3C(=O)C12. The highest BCUT2D eigenvalue weighted by molar-refractivity contribution is 6.10. The van der Waals surface area contributed by atoms with Crippen molar-refractivity contribution in [3.8, 4) is 5.75 Å². The smallest absolute Gasteiger partial charge is 0.253 e. The Hall–Kier alpha value is -3.46. The third-order valence-corrected chi connectivity index (χ3v) is 9.34. The zero-order valence-electron chi connectivity index (χ0n) is 23.6. The molecule has 4 aliphatic rings. The standard InChI is InChI=1S/C31H37F2N3O5/c1-5-15-11-17(14-36-9-7-31(32,33)8-10-36)26(37)23-19(15)12-16-13-20-22(27(38)21(16)28(23)39)18(6-2)24(30(34)41)29(40)25(20)35(3)4/h11,16,20,22,25,37,39-40H,2,5,7-10,12-14H2,1,3-4H3,(H2,34,41)/t16?,20?,22?,25-/m0/s1. The normalized spacial score (nSPS) is 27.9. The molecular formula is C31H37F2N3O5. The molecule has 1 saturated heterocycles. The summed E-state index contributed by atoms with van der Waals surface area (Å²) < 4.78 is 27.4. The van der Waals surface area contributed by atoms with Crippen molar-refractivity contribution < 1.29 is 33.7 Å². The molecule has 1 heterocycles. The molecule has 0 aromatic heterocycles. The van der Waals surface area contributed by atoms with Crippen LogP contribution in [0.4, 0.5) is 8.78 Å². The number of likely N-dealkylation sites (N-methyl/N-ethyl adjacent to an activating group) is 1. The summed E-state index contributed by atoms with van der Waals surface area (Å²) in [7, 11) is 3.50. The Bertz CT molecular complexity index is 1430. The number of Topliss-reactive ketones (excluding diaryl/α,β-unsaturated/α-hetero) is 1. The first-order valence-corrected chi connectivity index (χ1v) is 14.0. The topological polar surface area (TPSA) is 127 Å². The van der Waals surface area contributed by atoms with Gasteiger partial charge in [-0.1, -0.05) is 19.6 Å². The largest absolute Gasteiger partial charge is 0.510 e. The summed E-state index contributed by atoms with van der Waals surface area (Å²) in [5.41, 5.74) is 10.8. The van der Waals surface area contributed by atoms with Crippen LogP contribution in [-0.2, 0) is 29.0 Å². The van der Waals surface area contributed by atoms with Gasteiger partial charge in [-0.25, -0.2) is 8.78 Å². The predicted octanol–water partition coefficient (Wildman–Crippen LogP) is 3.78. The molecule has 10 heteroatoms. The first-order valence-electron chi connectivity index (χ1n) is 14.0. The van der Waals surface area contributed by atoms with Gasteiger partial charge >= 0.3 is 0 Å². The van der Waals surface area contributed by atoms with Crippen molar-refractivity contribution in [3.63, 3.8) is 0 Å². The number of primary amides is 1. The van der Waals surface area contributed by atoms with Crippen molar-refractivity contribution in [3.05, 3.63) is 63.1 Å². The third-order valence-electron chi connectivity index (χ3n) is 9.34. The zero-order valence-corrected chi connectivity index (χ0v) is 23.6. The van der Waals surface area contributed by atoms with Crippen LogP contribution in [0.1, 0.15) is 48.4 Å². The van der Waals surface area contributed by atoms with Crippen molar-refractivity contribution >= 4 is 17.4 Å². The monoisotopic (exact) mass is 569 g/mol. The van der Waals surface area contributed by atoms with Gasteiger partial charge in [0.1, 0.15) is 17.3 Å². The first-order chi connectivity index (χ1) is 19.3. The molecule has 1 aliphatic heterocycles. The van der Waals surface area contributed by atoms with Crippen LogP contribution in [0, 0.1) is 17.8 Å². The molecule has 220 valence electrons. The molecule has 0 radical (unpaired) electrons. The van der Waals surface area contributed by atoms with Gasteiger partial charge in [0.25, 0.3) is 11.8 Å². The molecule has 8 nitrogen and oxygen atoms in total. The second kappa shape index (κ2) is 10.4. The van der Waals surface area contributed by atoms with Crippen LogP contribution in [0.2, 0.25) is 0 Å². The number of aromatic hydroxyl groups is 1. The summed E-state index contributed by atoms with van der Waals surface area (Å²) in [6.07, 6.45) is 0.928. The van der Waals surface area contributed by atoms with Crippen LogP contribution >= 0.6 is 0 Å². The number of hydrogen-bond donors (Lipinski definition) is 4. The number of phenolic OH excluding ortho intramolecular Hbond substituents is 1. The van der Waals surface area contributed by atoms with E-state index < -0.39 is 35.5 Å². The average Bonchev–Trinajstić information content (AvgIpc) is 2.89. The van der Waals surface area contributed by atoms with Crippen LogP contribution in [-0.4, -0.2) is 76.0 Å². The number of aliphatic hydroxyl groups excluding tert-OH is 2. The van der Waals surface area contributed by atoms with E-state index in [9.17, 15) is 33.7 Å². The number of ketones is 1. The highest BCUT2D eigenvalue weighted by Crippen LogP contribution is 2.53. The van der Waals surface area contributed by atoms with Gasteiger partial charge in [-0.15, -0.1) is 5.73 Å². The lowest BCUT2D eigenvalue weighted by molar-refractivity contribution is -0.123. The van der Waals surface area contributed by atoms with Crippen LogP contribution < -0.4 is 5.73 Å². The van der Waals surface area contributed by atoms with Crippen LogP contribution in [0.25, 0.3) is 5.76 Å². The maximum absolute atomic E-state index is 14.2. The number of amides is 1. The number of allylic oxidation sites excluding steroid dienone is 1. The number of piperidine rings is 1. The molecule has 4 atom stereocenters. The number of aryl methyl sites for hydroxylation is 1. The fraction of sp³-hybridized carbons (Fsp3) is 0.516. The number of fused-ring (bicyclic) bond motifs is 3. The maximum atomic E-state index is 14.2. The lowest BCUT2D eigenvalue weighted by Gasteiger charge is -2.47. The number of carbonyl (C=O) groups excluding carboxylic acids is 2. The van der Waals surface area contributed by atoms with Crippen LogP contribution in [0.5, 0.6) is 5.75 Å². The molecule has 2 fully saturated rings. The molecular weight excluding hydrogens is 532 g/mol. The van der Waals surface area contributed by atoms with E-state index in [0.717, 1.165) is 11.1 Å². The minimum Gasteiger partial charge on any atom is -0.510 e. The lowest BCUT2D eigenvalue weighted by Crippen LogP contribution is -2.52. The highest BCUT2D eigenvalue weighted by atomic mass is 19.3. The summed E-state index contributed by atoms with van der Waals surface area (Å²) in [5, 5.41) is 34.2. The summed E-state index contributed by atoms with van der Waals surface area (Å²) >= 11 is 0. The van der Waals surface area contributed by atoms with Gasteiger partial charge in [0.2, 0.25) is 0 Å².